The van der Waals surface area contributed by atoms with Gasteiger partial charge in [-0.05, 0) is 48.7 Å². The van der Waals surface area contributed by atoms with Crippen molar-refractivity contribution in [1.29, 1.82) is 0 Å². The van der Waals surface area contributed by atoms with Crippen molar-refractivity contribution in [2.45, 2.75) is 24.5 Å². The molecular weight excluding hydrogens is 361 g/mol. The summed E-state index contributed by atoms with van der Waals surface area (Å²) in [5, 5.41) is 0. The zero-order chi connectivity index (χ0) is 18.4. The standard InChI is InChI=1S/C18H22FNO3S2/c1-13-10-16(23-3)11-14(2)18(13)25(21,22)20-8-9-24-12-15-6-4-5-7-17(15)19/h4-7,10-11,20H,8-9,12H2,1-3H3. The first kappa shape index (κ1) is 19.8. The molecule has 0 aliphatic heterocycles. The Morgan fingerprint density at radius 2 is 1.80 bits per heavy atom. The molecule has 0 atom stereocenters. The quantitative estimate of drug-likeness (QED) is 0.707. The zero-order valence-electron chi connectivity index (χ0n) is 14.5. The van der Waals surface area contributed by atoms with Crippen LogP contribution in [-0.2, 0) is 15.8 Å². The van der Waals surface area contributed by atoms with Gasteiger partial charge in [0.2, 0.25) is 10.0 Å². The highest BCUT2D eigenvalue weighted by Crippen LogP contribution is 2.25. The molecule has 0 fully saturated rings. The molecule has 0 saturated heterocycles. The van der Waals surface area contributed by atoms with Gasteiger partial charge in [-0.15, -0.1) is 0 Å². The largest absolute Gasteiger partial charge is 0.497 e. The third kappa shape index (κ3) is 5.20. The van der Waals surface area contributed by atoms with Gasteiger partial charge in [0, 0.05) is 18.1 Å². The van der Waals surface area contributed by atoms with E-state index in [1.165, 1.54) is 17.8 Å². The molecule has 136 valence electrons. The molecule has 1 N–H and O–H groups in total. The summed E-state index contributed by atoms with van der Waals surface area (Å²) in [6.45, 7) is 3.78. The number of hydrogen-bond acceptors (Lipinski definition) is 4. The van der Waals surface area contributed by atoms with Crippen LogP contribution in [0.3, 0.4) is 0 Å². The van der Waals surface area contributed by atoms with Gasteiger partial charge in [-0.25, -0.2) is 17.5 Å². The molecule has 0 saturated carbocycles. The lowest BCUT2D eigenvalue weighted by atomic mass is 10.1. The van der Waals surface area contributed by atoms with E-state index in [0.717, 1.165) is 0 Å². The SMILES string of the molecule is COc1cc(C)c(S(=O)(=O)NCCSCc2ccccc2F)c(C)c1. The Bertz CT molecular complexity index is 815. The first-order valence-corrected chi connectivity index (χ1v) is 10.4. The van der Waals surface area contributed by atoms with Crippen molar-refractivity contribution in [3.63, 3.8) is 0 Å². The van der Waals surface area contributed by atoms with Crippen molar-refractivity contribution in [1.82, 2.24) is 4.72 Å². The van der Waals surface area contributed by atoms with Crippen molar-refractivity contribution in [3.8, 4) is 5.75 Å². The molecule has 0 spiro atoms. The number of sulfonamides is 1. The number of ether oxygens (including phenoxy) is 1. The normalized spacial score (nSPS) is 11.5. The molecule has 0 unspecified atom stereocenters. The maximum Gasteiger partial charge on any atom is 0.241 e. The van der Waals surface area contributed by atoms with Crippen LogP contribution in [0.4, 0.5) is 4.39 Å². The summed E-state index contributed by atoms with van der Waals surface area (Å²) in [5.74, 6) is 1.46. The van der Waals surface area contributed by atoms with E-state index in [0.29, 0.717) is 33.9 Å². The molecule has 2 aromatic carbocycles. The second kappa shape index (κ2) is 8.69. The number of halogens is 1. The van der Waals surface area contributed by atoms with Crippen molar-refractivity contribution in [2.24, 2.45) is 0 Å². The van der Waals surface area contributed by atoms with Gasteiger partial charge in [-0.1, -0.05) is 18.2 Å². The average molecular weight is 384 g/mol. The lowest BCUT2D eigenvalue weighted by Gasteiger charge is -2.13. The Hall–Kier alpha value is -1.57. The number of nitrogens with one attached hydrogen (secondary N) is 1. The van der Waals surface area contributed by atoms with E-state index in [1.54, 1.807) is 51.3 Å². The minimum Gasteiger partial charge on any atom is -0.497 e. The molecule has 25 heavy (non-hydrogen) atoms. The fraction of sp³-hybridized carbons (Fsp3) is 0.333. The van der Waals surface area contributed by atoms with E-state index < -0.39 is 10.0 Å². The van der Waals surface area contributed by atoms with Crippen LogP contribution in [0, 0.1) is 19.7 Å². The van der Waals surface area contributed by atoms with E-state index >= 15 is 0 Å². The fourth-order valence-electron chi connectivity index (χ4n) is 2.57. The van der Waals surface area contributed by atoms with E-state index in [2.05, 4.69) is 4.72 Å². The maximum absolute atomic E-state index is 13.5. The third-order valence-corrected chi connectivity index (χ3v) is 6.47. The van der Waals surface area contributed by atoms with Crippen molar-refractivity contribution in [3.05, 3.63) is 58.9 Å². The molecule has 2 aromatic rings. The summed E-state index contributed by atoms with van der Waals surface area (Å²) >= 11 is 1.48. The summed E-state index contributed by atoms with van der Waals surface area (Å²) in [6, 6.07) is 10.0. The van der Waals surface area contributed by atoms with E-state index in [-0.39, 0.29) is 17.3 Å². The lowest BCUT2D eigenvalue weighted by Crippen LogP contribution is -2.27. The Morgan fingerprint density at radius 3 is 2.40 bits per heavy atom. The van der Waals surface area contributed by atoms with Crippen LogP contribution >= 0.6 is 11.8 Å². The van der Waals surface area contributed by atoms with Gasteiger partial charge in [0.15, 0.2) is 0 Å². The smallest absolute Gasteiger partial charge is 0.241 e. The van der Waals surface area contributed by atoms with Crippen LogP contribution in [0.1, 0.15) is 16.7 Å². The molecule has 0 amide bonds. The number of rotatable bonds is 8. The van der Waals surface area contributed by atoms with Crippen LogP contribution < -0.4 is 9.46 Å². The minimum absolute atomic E-state index is 0.236. The first-order valence-electron chi connectivity index (χ1n) is 7.81. The van der Waals surface area contributed by atoms with Crippen LogP contribution in [0.25, 0.3) is 0 Å². The lowest BCUT2D eigenvalue weighted by molar-refractivity contribution is 0.413. The van der Waals surface area contributed by atoms with Crippen LogP contribution in [0.2, 0.25) is 0 Å². The molecule has 0 heterocycles. The summed E-state index contributed by atoms with van der Waals surface area (Å²) < 4.78 is 46.4. The average Bonchev–Trinajstić information content (AvgIpc) is 2.55. The third-order valence-electron chi connectivity index (χ3n) is 3.69. The second-order valence-electron chi connectivity index (χ2n) is 5.63. The first-order chi connectivity index (χ1) is 11.8. The molecule has 0 aromatic heterocycles. The maximum atomic E-state index is 13.5. The minimum atomic E-state index is -3.59. The van der Waals surface area contributed by atoms with E-state index in [1.807, 2.05) is 0 Å². The molecular formula is C18H22FNO3S2. The molecule has 0 aliphatic rings. The zero-order valence-corrected chi connectivity index (χ0v) is 16.1. The Balaban J connectivity index is 1.93. The Kier molecular flexibility index (Phi) is 6.87. The monoisotopic (exact) mass is 383 g/mol. The summed E-state index contributed by atoms with van der Waals surface area (Å²) in [4.78, 5) is 0.285. The summed E-state index contributed by atoms with van der Waals surface area (Å²) in [5.41, 5.74) is 1.91. The Morgan fingerprint density at radius 1 is 1.16 bits per heavy atom. The predicted octanol–water partition coefficient (Wildman–Crippen LogP) is 3.66. The summed E-state index contributed by atoms with van der Waals surface area (Å²) in [7, 11) is -2.04. The Labute approximate surface area is 152 Å². The fourth-order valence-corrected chi connectivity index (χ4v) is 5.02. The van der Waals surface area contributed by atoms with Gasteiger partial charge in [-0.3, -0.25) is 0 Å². The highest BCUT2D eigenvalue weighted by atomic mass is 32.2. The number of aryl methyl sites for hydroxylation is 2. The van der Waals surface area contributed by atoms with Gasteiger partial charge < -0.3 is 4.74 Å². The van der Waals surface area contributed by atoms with Gasteiger partial charge in [-0.2, -0.15) is 11.8 Å². The molecule has 4 nitrogen and oxygen atoms in total. The van der Waals surface area contributed by atoms with Crippen LogP contribution in [0.5, 0.6) is 5.75 Å². The molecule has 0 radical (unpaired) electrons. The van der Waals surface area contributed by atoms with Gasteiger partial charge in [0.25, 0.3) is 0 Å². The highest BCUT2D eigenvalue weighted by Gasteiger charge is 2.20. The van der Waals surface area contributed by atoms with Crippen LogP contribution in [-0.4, -0.2) is 27.8 Å². The number of thioether (sulfide) groups is 1. The van der Waals surface area contributed by atoms with Crippen LogP contribution in [0.15, 0.2) is 41.3 Å². The van der Waals surface area contributed by atoms with Crippen molar-refractivity contribution in [2.75, 3.05) is 19.4 Å². The van der Waals surface area contributed by atoms with Crippen molar-refractivity contribution >= 4 is 21.8 Å². The number of benzene rings is 2. The van der Waals surface area contributed by atoms with Gasteiger partial charge in [0.1, 0.15) is 11.6 Å². The van der Waals surface area contributed by atoms with Gasteiger partial charge >= 0.3 is 0 Å². The number of methoxy groups -OCH3 is 1. The summed E-state index contributed by atoms with van der Waals surface area (Å²) in [6.07, 6.45) is 0. The van der Waals surface area contributed by atoms with Gasteiger partial charge in [0.05, 0.1) is 12.0 Å². The van der Waals surface area contributed by atoms with E-state index in [4.69, 9.17) is 4.74 Å². The predicted molar refractivity (Wildman–Crippen MR) is 100 cm³/mol. The van der Waals surface area contributed by atoms with Crippen molar-refractivity contribution < 1.29 is 17.5 Å². The molecule has 0 aliphatic carbocycles. The van der Waals surface area contributed by atoms with E-state index in [9.17, 15) is 12.8 Å². The topological polar surface area (TPSA) is 55.4 Å². The molecule has 7 heteroatoms. The second-order valence-corrected chi connectivity index (χ2v) is 8.44. The highest BCUT2D eigenvalue weighted by molar-refractivity contribution is 7.98. The number of hydrogen-bond donors (Lipinski definition) is 1. The molecule has 2 rings (SSSR count). The molecule has 0 bridgehead atoms.